The molecule has 0 aliphatic carbocycles. The van der Waals surface area contributed by atoms with Crippen molar-refractivity contribution in [1.29, 1.82) is 0 Å². The van der Waals surface area contributed by atoms with Gasteiger partial charge in [0.05, 0.1) is 5.69 Å². The molecule has 1 N–H and O–H groups in total. The van der Waals surface area contributed by atoms with E-state index in [-0.39, 0.29) is 11.8 Å². The molecule has 1 saturated heterocycles. The number of benzene rings is 1. The molecule has 1 aliphatic heterocycles. The molecule has 0 bridgehead atoms. The molecule has 4 nitrogen and oxygen atoms in total. The zero-order valence-electron chi connectivity index (χ0n) is 9.85. The first kappa shape index (κ1) is 11.6. The van der Waals surface area contributed by atoms with Gasteiger partial charge in [0.25, 0.3) is 0 Å². The number of nitrogens with one attached hydrogen (secondary N) is 1. The highest BCUT2D eigenvalue weighted by Crippen LogP contribution is 2.23. The standard InChI is InChI=1S/C13H16N2O2/c1-10(6-8-16)11-3-2-4-12(9-11)15-7-5-13(17)14-15/h2-4,8-10H,5-7H2,1H3,(H,14,17). The van der Waals surface area contributed by atoms with Crippen LogP contribution in [0.2, 0.25) is 0 Å². The van der Waals surface area contributed by atoms with Gasteiger partial charge in [-0.25, -0.2) is 0 Å². The summed E-state index contributed by atoms with van der Waals surface area (Å²) >= 11 is 0. The number of aldehydes is 1. The molecular weight excluding hydrogens is 216 g/mol. The zero-order chi connectivity index (χ0) is 12.3. The lowest BCUT2D eigenvalue weighted by Crippen LogP contribution is -2.32. The van der Waals surface area contributed by atoms with Gasteiger partial charge >= 0.3 is 0 Å². The van der Waals surface area contributed by atoms with Crippen molar-refractivity contribution in [2.24, 2.45) is 0 Å². The van der Waals surface area contributed by atoms with Crippen molar-refractivity contribution in [1.82, 2.24) is 5.43 Å². The van der Waals surface area contributed by atoms with Crippen molar-refractivity contribution >= 4 is 17.9 Å². The molecular formula is C13H16N2O2. The predicted molar refractivity (Wildman–Crippen MR) is 65.6 cm³/mol. The fourth-order valence-electron chi connectivity index (χ4n) is 1.95. The van der Waals surface area contributed by atoms with Crippen molar-refractivity contribution in [2.45, 2.75) is 25.7 Å². The second kappa shape index (κ2) is 4.99. The summed E-state index contributed by atoms with van der Waals surface area (Å²) in [6, 6.07) is 7.95. The molecule has 17 heavy (non-hydrogen) atoms. The minimum absolute atomic E-state index is 0.0522. The van der Waals surface area contributed by atoms with Crippen LogP contribution in [0.1, 0.15) is 31.2 Å². The minimum atomic E-state index is 0.0522. The van der Waals surface area contributed by atoms with Crippen LogP contribution in [0.3, 0.4) is 0 Å². The Labute approximate surface area is 101 Å². The maximum Gasteiger partial charge on any atom is 0.240 e. The van der Waals surface area contributed by atoms with Crippen LogP contribution in [-0.4, -0.2) is 18.7 Å². The number of anilines is 1. The molecule has 1 atom stereocenters. The van der Waals surface area contributed by atoms with Crippen LogP contribution < -0.4 is 10.4 Å². The predicted octanol–water partition coefficient (Wildman–Crippen LogP) is 1.62. The van der Waals surface area contributed by atoms with Crippen LogP contribution in [0, 0.1) is 0 Å². The second-order valence-corrected chi connectivity index (χ2v) is 4.34. The van der Waals surface area contributed by atoms with Crippen molar-refractivity contribution in [3.8, 4) is 0 Å². The van der Waals surface area contributed by atoms with Gasteiger partial charge in [-0.1, -0.05) is 19.1 Å². The van der Waals surface area contributed by atoms with E-state index in [9.17, 15) is 9.59 Å². The van der Waals surface area contributed by atoms with E-state index >= 15 is 0 Å². The Bertz CT molecular complexity index is 431. The molecule has 1 unspecified atom stereocenters. The van der Waals surface area contributed by atoms with E-state index in [0.717, 1.165) is 17.5 Å². The molecule has 1 aromatic rings. The van der Waals surface area contributed by atoms with Crippen LogP contribution in [0.4, 0.5) is 5.69 Å². The molecule has 1 aromatic carbocycles. The maximum absolute atomic E-state index is 11.1. The average Bonchev–Trinajstić information content (AvgIpc) is 2.76. The van der Waals surface area contributed by atoms with E-state index in [1.165, 1.54) is 0 Å². The van der Waals surface area contributed by atoms with Crippen LogP contribution in [-0.2, 0) is 9.59 Å². The highest BCUT2D eigenvalue weighted by molar-refractivity contribution is 5.81. The molecule has 1 heterocycles. The van der Waals surface area contributed by atoms with Gasteiger partial charge < -0.3 is 4.79 Å². The Kier molecular flexibility index (Phi) is 3.42. The fourth-order valence-corrected chi connectivity index (χ4v) is 1.95. The lowest BCUT2D eigenvalue weighted by molar-refractivity contribution is -0.119. The minimum Gasteiger partial charge on any atom is -0.303 e. The molecule has 1 amide bonds. The topological polar surface area (TPSA) is 49.4 Å². The summed E-state index contributed by atoms with van der Waals surface area (Å²) in [6.45, 7) is 2.72. The van der Waals surface area contributed by atoms with Crippen LogP contribution in [0.5, 0.6) is 0 Å². The van der Waals surface area contributed by atoms with Gasteiger partial charge in [-0.3, -0.25) is 15.2 Å². The van der Waals surface area contributed by atoms with Gasteiger partial charge in [0.15, 0.2) is 0 Å². The first-order valence-electron chi connectivity index (χ1n) is 5.81. The number of rotatable bonds is 4. The third-order valence-corrected chi connectivity index (χ3v) is 3.02. The molecule has 0 saturated carbocycles. The van der Waals surface area contributed by atoms with Crippen LogP contribution in [0.15, 0.2) is 24.3 Å². The molecule has 1 aliphatic rings. The van der Waals surface area contributed by atoms with Gasteiger partial charge in [-0.15, -0.1) is 0 Å². The number of carbonyl (C=O) groups is 2. The summed E-state index contributed by atoms with van der Waals surface area (Å²) in [4.78, 5) is 21.7. The smallest absolute Gasteiger partial charge is 0.240 e. The lowest BCUT2D eigenvalue weighted by atomic mass is 9.98. The van der Waals surface area contributed by atoms with Crippen molar-refractivity contribution < 1.29 is 9.59 Å². The largest absolute Gasteiger partial charge is 0.303 e. The molecule has 2 rings (SSSR count). The average molecular weight is 232 g/mol. The molecule has 90 valence electrons. The van der Waals surface area contributed by atoms with Gasteiger partial charge in [0.1, 0.15) is 6.29 Å². The fraction of sp³-hybridized carbons (Fsp3) is 0.385. The Hall–Kier alpha value is -1.84. The number of hydrogen-bond acceptors (Lipinski definition) is 3. The first-order valence-corrected chi connectivity index (χ1v) is 5.81. The quantitative estimate of drug-likeness (QED) is 0.802. The summed E-state index contributed by atoms with van der Waals surface area (Å²) < 4.78 is 0. The van der Waals surface area contributed by atoms with E-state index in [4.69, 9.17) is 0 Å². The zero-order valence-corrected chi connectivity index (χ0v) is 9.85. The van der Waals surface area contributed by atoms with Gasteiger partial charge in [0.2, 0.25) is 5.91 Å². The highest BCUT2D eigenvalue weighted by atomic mass is 16.2. The van der Waals surface area contributed by atoms with E-state index in [1.54, 1.807) is 0 Å². The second-order valence-electron chi connectivity index (χ2n) is 4.34. The normalized spacial score (nSPS) is 16.8. The third-order valence-electron chi connectivity index (χ3n) is 3.02. The molecule has 0 radical (unpaired) electrons. The van der Waals surface area contributed by atoms with Crippen molar-refractivity contribution in [3.63, 3.8) is 0 Å². The van der Waals surface area contributed by atoms with Crippen LogP contribution >= 0.6 is 0 Å². The number of amides is 1. The van der Waals surface area contributed by atoms with Crippen molar-refractivity contribution in [2.75, 3.05) is 11.6 Å². The summed E-state index contributed by atoms with van der Waals surface area (Å²) in [7, 11) is 0. The number of hydrogen-bond donors (Lipinski definition) is 1. The summed E-state index contributed by atoms with van der Waals surface area (Å²) in [5.74, 6) is 0.266. The maximum atomic E-state index is 11.1. The molecule has 0 spiro atoms. The Morgan fingerprint density at radius 2 is 2.35 bits per heavy atom. The monoisotopic (exact) mass is 232 g/mol. The summed E-state index contributed by atoms with van der Waals surface area (Å²) in [5.41, 5.74) is 4.89. The van der Waals surface area contributed by atoms with E-state index in [2.05, 4.69) is 5.43 Å². The molecule has 4 heteroatoms. The van der Waals surface area contributed by atoms with E-state index < -0.39 is 0 Å². The van der Waals surface area contributed by atoms with Crippen LogP contribution in [0.25, 0.3) is 0 Å². The third kappa shape index (κ3) is 2.64. The Morgan fingerprint density at radius 1 is 1.53 bits per heavy atom. The Balaban J connectivity index is 2.16. The number of hydrazine groups is 1. The first-order chi connectivity index (χ1) is 8.20. The van der Waals surface area contributed by atoms with Gasteiger partial charge in [-0.2, -0.15) is 0 Å². The Morgan fingerprint density at radius 3 is 3.00 bits per heavy atom. The number of carbonyl (C=O) groups excluding carboxylic acids is 2. The molecule has 1 fully saturated rings. The molecule has 0 aromatic heterocycles. The van der Waals surface area contributed by atoms with E-state index in [0.29, 0.717) is 19.4 Å². The van der Waals surface area contributed by atoms with Crippen molar-refractivity contribution in [3.05, 3.63) is 29.8 Å². The van der Waals surface area contributed by atoms with Gasteiger partial charge in [-0.05, 0) is 23.6 Å². The van der Waals surface area contributed by atoms with Gasteiger partial charge in [0, 0.05) is 19.4 Å². The number of nitrogens with zero attached hydrogens (tertiary/aromatic N) is 1. The van der Waals surface area contributed by atoms with E-state index in [1.807, 2.05) is 36.2 Å². The summed E-state index contributed by atoms with van der Waals surface area (Å²) in [6.07, 6.45) is 2.00. The highest BCUT2D eigenvalue weighted by Gasteiger charge is 2.19. The SMILES string of the molecule is CC(CC=O)c1cccc(N2CCC(=O)N2)c1. The summed E-state index contributed by atoms with van der Waals surface area (Å²) in [5, 5.41) is 1.85. The lowest BCUT2D eigenvalue weighted by Gasteiger charge is -2.19.